The fourth-order valence-corrected chi connectivity index (χ4v) is 3.78. The van der Waals surface area contributed by atoms with Crippen molar-refractivity contribution in [2.45, 2.75) is 44.8 Å². The molecule has 1 aromatic carbocycles. The molecule has 11 heteroatoms. The van der Waals surface area contributed by atoms with Crippen LogP contribution in [0, 0.1) is 3.57 Å². The maximum Gasteiger partial charge on any atom is 0.416 e. The zero-order valence-corrected chi connectivity index (χ0v) is 18.5. The summed E-state index contributed by atoms with van der Waals surface area (Å²) in [6.45, 7) is 7.17. The summed E-state index contributed by atoms with van der Waals surface area (Å²) >= 11 is 1.83. The van der Waals surface area contributed by atoms with Gasteiger partial charge >= 0.3 is 12.4 Å². The minimum absolute atomic E-state index is 0.0472. The van der Waals surface area contributed by atoms with Gasteiger partial charge in [-0.15, -0.1) is 0 Å². The van der Waals surface area contributed by atoms with Gasteiger partial charge in [-0.05, 0) is 46.8 Å². The van der Waals surface area contributed by atoms with Crippen molar-refractivity contribution in [2.75, 3.05) is 6.61 Å². The molecule has 0 N–H and O–H groups in total. The zero-order chi connectivity index (χ0) is 21.3. The minimum Gasteiger partial charge on any atom is -0.360 e. The molecule has 0 atom stereocenters. The molecule has 1 heterocycles. The van der Waals surface area contributed by atoms with Crippen molar-refractivity contribution in [1.29, 1.82) is 0 Å². The summed E-state index contributed by atoms with van der Waals surface area (Å²) in [5.41, 5.74) is -2.93. The normalized spacial score (nSPS) is 13.2. The molecule has 3 nitrogen and oxygen atoms in total. The number of aromatic nitrogens is 2. The van der Waals surface area contributed by atoms with E-state index in [9.17, 15) is 26.3 Å². The average molecular weight is 536 g/mol. The van der Waals surface area contributed by atoms with Gasteiger partial charge in [0.25, 0.3) is 0 Å². The van der Waals surface area contributed by atoms with Gasteiger partial charge in [0, 0.05) is 26.4 Å². The minimum atomic E-state index is -4.90. The van der Waals surface area contributed by atoms with E-state index in [1.807, 2.05) is 22.6 Å². The van der Waals surface area contributed by atoms with Gasteiger partial charge in [-0.3, -0.25) is 0 Å². The van der Waals surface area contributed by atoms with Crippen LogP contribution in [0.5, 0.6) is 0 Å². The summed E-state index contributed by atoms with van der Waals surface area (Å²) in [5, 5.41) is 4.12. The SMILES string of the molecule is C[Si](C)(C)CCOCn1cc(I)c(-c2cc(C(F)(F)F)cc(C(F)(F)F)c2)n1. The quantitative estimate of drug-likeness (QED) is 0.182. The molecule has 0 saturated heterocycles. The highest BCUT2D eigenvalue weighted by atomic mass is 127. The number of alkyl halides is 6. The molecule has 0 radical (unpaired) electrons. The summed E-state index contributed by atoms with van der Waals surface area (Å²) in [6, 6.07) is 2.39. The Kier molecular flexibility index (Phi) is 6.91. The Morgan fingerprint density at radius 3 is 2.00 bits per heavy atom. The predicted molar refractivity (Wildman–Crippen MR) is 104 cm³/mol. The number of nitrogens with zero attached hydrogens (tertiary/aromatic N) is 2. The molecule has 2 rings (SSSR count). The van der Waals surface area contributed by atoms with E-state index in [2.05, 4.69) is 24.7 Å². The highest BCUT2D eigenvalue weighted by Gasteiger charge is 2.37. The smallest absolute Gasteiger partial charge is 0.360 e. The number of rotatable bonds is 6. The third-order valence-corrected chi connectivity index (χ3v) is 6.29. The molecule has 0 spiro atoms. The Bertz CT molecular complexity index is 794. The van der Waals surface area contributed by atoms with Crippen LogP contribution in [0.15, 0.2) is 24.4 Å². The Labute approximate surface area is 173 Å². The Morgan fingerprint density at radius 1 is 1.00 bits per heavy atom. The van der Waals surface area contributed by atoms with Crippen LogP contribution in [0.25, 0.3) is 11.3 Å². The Hall–Kier alpha value is -1.08. The van der Waals surface area contributed by atoms with Gasteiger partial charge in [-0.2, -0.15) is 31.4 Å². The van der Waals surface area contributed by atoms with E-state index in [1.54, 1.807) is 0 Å². The lowest BCUT2D eigenvalue weighted by Gasteiger charge is -2.15. The lowest BCUT2D eigenvalue weighted by atomic mass is 10.0. The first-order valence-electron chi connectivity index (χ1n) is 8.27. The largest absolute Gasteiger partial charge is 0.416 e. The number of benzene rings is 1. The number of halogens is 7. The second-order valence-corrected chi connectivity index (χ2v) is 14.3. The van der Waals surface area contributed by atoms with Crippen molar-refractivity contribution < 1.29 is 31.1 Å². The second-order valence-electron chi connectivity index (χ2n) is 7.51. The van der Waals surface area contributed by atoms with E-state index in [4.69, 9.17) is 4.74 Å². The van der Waals surface area contributed by atoms with Gasteiger partial charge in [0.15, 0.2) is 0 Å². The average Bonchev–Trinajstić information content (AvgIpc) is 2.89. The van der Waals surface area contributed by atoms with Gasteiger partial charge in [0.1, 0.15) is 12.4 Å². The molecule has 0 aliphatic carbocycles. The van der Waals surface area contributed by atoms with Crippen molar-refractivity contribution >= 4 is 30.7 Å². The number of hydrogen-bond acceptors (Lipinski definition) is 2. The lowest BCUT2D eigenvalue weighted by molar-refractivity contribution is -0.143. The molecule has 0 saturated carbocycles. The summed E-state index contributed by atoms with van der Waals surface area (Å²) < 4.78 is 85.6. The fraction of sp³-hybridized carbons (Fsp3) is 0.471. The van der Waals surface area contributed by atoms with E-state index in [0.717, 1.165) is 6.04 Å². The number of hydrogen-bond donors (Lipinski definition) is 0. The molecular weight excluding hydrogens is 517 g/mol. The molecule has 156 valence electrons. The van der Waals surface area contributed by atoms with Gasteiger partial charge in [-0.1, -0.05) is 19.6 Å². The summed E-state index contributed by atoms with van der Waals surface area (Å²) in [7, 11) is -1.27. The van der Waals surface area contributed by atoms with Crippen molar-refractivity contribution in [3.05, 3.63) is 39.1 Å². The zero-order valence-electron chi connectivity index (χ0n) is 15.4. The van der Waals surface area contributed by atoms with Crippen LogP contribution >= 0.6 is 22.6 Å². The number of ether oxygens (including phenoxy) is 1. The van der Waals surface area contributed by atoms with Crippen LogP contribution in [0.3, 0.4) is 0 Å². The highest BCUT2D eigenvalue weighted by molar-refractivity contribution is 14.1. The molecule has 0 aliphatic rings. The molecule has 0 unspecified atom stereocenters. The topological polar surface area (TPSA) is 27.1 Å². The first-order chi connectivity index (χ1) is 12.7. The summed E-state index contributed by atoms with van der Waals surface area (Å²) in [5.74, 6) is 0. The van der Waals surface area contributed by atoms with Gasteiger partial charge in [-0.25, -0.2) is 4.68 Å². The van der Waals surface area contributed by atoms with E-state index in [0.29, 0.717) is 22.3 Å². The van der Waals surface area contributed by atoms with Crippen LogP contribution in [-0.4, -0.2) is 24.5 Å². The van der Waals surface area contributed by atoms with Crippen molar-refractivity contribution in [1.82, 2.24) is 9.78 Å². The van der Waals surface area contributed by atoms with Crippen LogP contribution in [0.2, 0.25) is 25.7 Å². The molecule has 1 aromatic heterocycles. The highest BCUT2D eigenvalue weighted by Crippen LogP contribution is 2.39. The van der Waals surface area contributed by atoms with Crippen LogP contribution in [0.4, 0.5) is 26.3 Å². The summed E-state index contributed by atoms with van der Waals surface area (Å²) in [4.78, 5) is 0. The van der Waals surface area contributed by atoms with Crippen molar-refractivity contribution in [3.8, 4) is 11.3 Å². The molecule has 0 aliphatic heterocycles. The van der Waals surface area contributed by atoms with Crippen LogP contribution in [-0.2, 0) is 23.8 Å². The molecule has 0 bridgehead atoms. The second kappa shape index (κ2) is 8.34. The van der Waals surface area contributed by atoms with Crippen LogP contribution < -0.4 is 0 Å². The predicted octanol–water partition coefficient (Wildman–Crippen LogP) is 6.50. The third-order valence-electron chi connectivity index (χ3n) is 3.80. The van der Waals surface area contributed by atoms with Crippen molar-refractivity contribution in [3.63, 3.8) is 0 Å². The first-order valence-corrected chi connectivity index (χ1v) is 13.1. The standard InChI is InChI=1S/C17H19F6IN2OSi/c1-28(2,3)5-4-27-10-26-9-14(24)15(25-26)11-6-12(16(18,19)20)8-13(7-11)17(21,22)23/h6-9H,4-5,10H2,1-3H3. The first kappa shape index (κ1) is 23.2. The molecule has 0 fully saturated rings. The Morgan fingerprint density at radius 2 is 1.54 bits per heavy atom. The molecule has 28 heavy (non-hydrogen) atoms. The maximum absolute atomic E-state index is 13.0. The molecular formula is C17H19F6IN2OSi. The lowest BCUT2D eigenvalue weighted by Crippen LogP contribution is -2.22. The van der Waals surface area contributed by atoms with E-state index >= 15 is 0 Å². The van der Waals surface area contributed by atoms with Crippen molar-refractivity contribution in [2.24, 2.45) is 0 Å². The monoisotopic (exact) mass is 536 g/mol. The summed E-state index contributed by atoms with van der Waals surface area (Å²) in [6.07, 6.45) is -8.27. The van der Waals surface area contributed by atoms with Gasteiger partial charge in [0.2, 0.25) is 0 Å². The van der Waals surface area contributed by atoms with Crippen LogP contribution in [0.1, 0.15) is 11.1 Å². The van der Waals surface area contributed by atoms with Gasteiger partial charge in [0.05, 0.1) is 14.7 Å². The molecule has 0 amide bonds. The Balaban J connectivity index is 2.31. The third kappa shape index (κ3) is 6.48. The van der Waals surface area contributed by atoms with E-state index < -0.39 is 31.6 Å². The van der Waals surface area contributed by atoms with Gasteiger partial charge < -0.3 is 4.74 Å². The fourth-order valence-electron chi connectivity index (χ4n) is 2.29. The maximum atomic E-state index is 13.0. The van der Waals surface area contributed by atoms with E-state index in [-0.39, 0.29) is 24.1 Å². The molecule has 2 aromatic rings. The van der Waals surface area contributed by atoms with E-state index in [1.165, 1.54) is 10.9 Å².